The molecule has 51 heavy (non-hydrogen) atoms. The molecule has 0 spiro atoms. The predicted molar refractivity (Wildman–Crippen MR) is 222 cm³/mol. The SMILES string of the molecule is CC.Cc1ccccc1-c1c(C)cccc1N(c1ccccc1N(C)c1ccccc1C)c1cc2c(c3ccccc13)-c1ccccc1C2(C)C. The molecule has 7 aromatic rings. The average molecular weight is 665 g/mol. The molecule has 0 aliphatic heterocycles. The molecule has 0 heterocycles. The van der Waals surface area contributed by atoms with Gasteiger partial charge in [-0.25, -0.2) is 0 Å². The number of anilines is 5. The fourth-order valence-corrected chi connectivity index (χ4v) is 8.15. The van der Waals surface area contributed by atoms with Gasteiger partial charge in [0.2, 0.25) is 0 Å². The fraction of sp³-hybridized carbons (Fsp3) is 0.184. The number of nitrogens with zero attached hydrogens (tertiary/aromatic N) is 2. The average Bonchev–Trinajstić information content (AvgIpc) is 3.39. The largest absolute Gasteiger partial charge is 0.343 e. The molecule has 254 valence electrons. The number of fused-ring (bicyclic) bond motifs is 5. The van der Waals surface area contributed by atoms with Gasteiger partial charge in [0, 0.05) is 29.1 Å². The van der Waals surface area contributed by atoms with Gasteiger partial charge >= 0.3 is 0 Å². The Morgan fingerprint density at radius 2 is 0.941 bits per heavy atom. The smallest absolute Gasteiger partial charge is 0.0699 e. The highest BCUT2D eigenvalue weighted by Gasteiger charge is 2.38. The van der Waals surface area contributed by atoms with Gasteiger partial charge in [-0.2, -0.15) is 0 Å². The van der Waals surface area contributed by atoms with E-state index in [1.165, 1.54) is 77.9 Å². The summed E-state index contributed by atoms with van der Waals surface area (Å²) in [5.74, 6) is 0. The van der Waals surface area contributed by atoms with Gasteiger partial charge in [-0.15, -0.1) is 0 Å². The highest BCUT2D eigenvalue weighted by Crippen LogP contribution is 2.56. The van der Waals surface area contributed by atoms with Crippen molar-refractivity contribution >= 4 is 39.2 Å². The number of rotatable bonds is 6. The summed E-state index contributed by atoms with van der Waals surface area (Å²) in [6.45, 7) is 15.4. The molecular weight excluding hydrogens is 617 g/mol. The van der Waals surface area contributed by atoms with Crippen LogP contribution in [0.2, 0.25) is 0 Å². The topological polar surface area (TPSA) is 6.48 Å². The second-order valence-electron chi connectivity index (χ2n) is 14.0. The van der Waals surface area contributed by atoms with E-state index in [9.17, 15) is 0 Å². The zero-order chi connectivity index (χ0) is 35.9. The lowest BCUT2D eigenvalue weighted by atomic mass is 9.81. The van der Waals surface area contributed by atoms with Gasteiger partial charge in [0.15, 0.2) is 0 Å². The van der Waals surface area contributed by atoms with Crippen LogP contribution in [0.15, 0.2) is 146 Å². The predicted octanol–water partition coefficient (Wildman–Crippen LogP) is 14.0. The summed E-state index contributed by atoms with van der Waals surface area (Å²) in [4.78, 5) is 4.89. The van der Waals surface area contributed by atoms with Crippen LogP contribution in [0.5, 0.6) is 0 Å². The van der Waals surface area contributed by atoms with E-state index in [0.717, 1.165) is 11.4 Å². The van der Waals surface area contributed by atoms with Gasteiger partial charge in [-0.3, -0.25) is 0 Å². The van der Waals surface area contributed by atoms with Gasteiger partial charge in [0.1, 0.15) is 0 Å². The summed E-state index contributed by atoms with van der Waals surface area (Å²) < 4.78 is 0. The maximum absolute atomic E-state index is 2.54. The highest BCUT2D eigenvalue weighted by molar-refractivity contribution is 6.11. The first-order valence-electron chi connectivity index (χ1n) is 18.3. The molecule has 7 aromatic carbocycles. The van der Waals surface area contributed by atoms with Crippen LogP contribution in [0.25, 0.3) is 33.0 Å². The zero-order valence-corrected chi connectivity index (χ0v) is 31.3. The first-order chi connectivity index (χ1) is 24.8. The molecule has 0 bridgehead atoms. The molecule has 0 amide bonds. The van der Waals surface area contributed by atoms with E-state index < -0.39 is 0 Å². The fourth-order valence-electron chi connectivity index (χ4n) is 8.15. The maximum atomic E-state index is 2.54. The molecule has 2 heteroatoms. The molecule has 0 unspecified atom stereocenters. The van der Waals surface area contributed by atoms with Crippen LogP contribution >= 0.6 is 0 Å². The normalized spacial score (nSPS) is 12.5. The summed E-state index contributed by atoms with van der Waals surface area (Å²) in [5.41, 5.74) is 17.4. The van der Waals surface area contributed by atoms with Gasteiger partial charge in [-0.05, 0) is 101 Å². The van der Waals surface area contributed by atoms with E-state index in [4.69, 9.17) is 0 Å². The van der Waals surface area contributed by atoms with Gasteiger partial charge in [0.25, 0.3) is 0 Å². The molecule has 0 saturated heterocycles. The van der Waals surface area contributed by atoms with E-state index in [-0.39, 0.29) is 5.41 Å². The van der Waals surface area contributed by atoms with Crippen LogP contribution < -0.4 is 9.80 Å². The van der Waals surface area contributed by atoms with Crippen molar-refractivity contribution in [1.82, 2.24) is 0 Å². The van der Waals surface area contributed by atoms with Crippen molar-refractivity contribution in [3.63, 3.8) is 0 Å². The summed E-state index contributed by atoms with van der Waals surface area (Å²) in [6, 6.07) is 53.5. The zero-order valence-electron chi connectivity index (χ0n) is 31.3. The third kappa shape index (κ3) is 5.60. The van der Waals surface area contributed by atoms with Crippen molar-refractivity contribution in [2.75, 3.05) is 16.8 Å². The van der Waals surface area contributed by atoms with E-state index in [0.29, 0.717) is 0 Å². The first kappa shape index (κ1) is 33.9. The Balaban J connectivity index is 0.00000200. The van der Waals surface area contributed by atoms with Crippen LogP contribution in [-0.4, -0.2) is 7.05 Å². The maximum Gasteiger partial charge on any atom is 0.0699 e. The monoisotopic (exact) mass is 664 g/mol. The molecule has 2 nitrogen and oxygen atoms in total. The van der Waals surface area contributed by atoms with Crippen molar-refractivity contribution in [3.05, 3.63) is 173 Å². The van der Waals surface area contributed by atoms with Crippen molar-refractivity contribution in [2.24, 2.45) is 0 Å². The Hall–Kier alpha value is -5.60. The van der Waals surface area contributed by atoms with Crippen molar-refractivity contribution in [2.45, 2.75) is 53.9 Å². The molecular formula is C49H48N2. The molecule has 1 aliphatic carbocycles. The summed E-state index contributed by atoms with van der Waals surface area (Å²) in [5, 5.41) is 2.52. The second-order valence-corrected chi connectivity index (χ2v) is 14.0. The number of benzene rings is 7. The molecule has 0 N–H and O–H groups in total. The van der Waals surface area contributed by atoms with E-state index in [2.05, 4.69) is 197 Å². The second kappa shape index (κ2) is 13.6. The van der Waals surface area contributed by atoms with Crippen LogP contribution in [0.1, 0.15) is 55.5 Å². The van der Waals surface area contributed by atoms with Crippen LogP contribution in [0.4, 0.5) is 28.4 Å². The quantitative estimate of drug-likeness (QED) is 0.175. The van der Waals surface area contributed by atoms with E-state index in [1.807, 2.05) is 13.8 Å². The van der Waals surface area contributed by atoms with Gasteiger partial charge < -0.3 is 9.80 Å². The minimum atomic E-state index is -0.153. The van der Waals surface area contributed by atoms with E-state index >= 15 is 0 Å². The minimum absolute atomic E-state index is 0.153. The summed E-state index contributed by atoms with van der Waals surface area (Å²) in [6.07, 6.45) is 0. The Morgan fingerprint density at radius 3 is 1.65 bits per heavy atom. The lowest BCUT2D eigenvalue weighted by Gasteiger charge is -2.35. The number of hydrogen-bond acceptors (Lipinski definition) is 2. The molecule has 0 aromatic heterocycles. The highest BCUT2D eigenvalue weighted by atomic mass is 15.2. The Morgan fingerprint density at radius 1 is 0.412 bits per heavy atom. The summed E-state index contributed by atoms with van der Waals surface area (Å²) >= 11 is 0. The lowest BCUT2D eigenvalue weighted by molar-refractivity contribution is 0.661. The Bertz CT molecular complexity index is 2380. The number of para-hydroxylation sites is 3. The van der Waals surface area contributed by atoms with Crippen LogP contribution in [-0.2, 0) is 5.41 Å². The van der Waals surface area contributed by atoms with Crippen molar-refractivity contribution < 1.29 is 0 Å². The molecule has 0 fully saturated rings. The van der Waals surface area contributed by atoms with Gasteiger partial charge in [-0.1, -0.05) is 143 Å². The minimum Gasteiger partial charge on any atom is -0.343 e. The number of aryl methyl sites for hydroxylation is 3. The third-order valence-corrected chi connectivity index (χ3v) is 10.7. The third-order valence-electron chi connectivity index (χ3n) is 10.7. The van der Waals surface area contributed by atoms with Crippen LogP contribution in [0.3, 0.4) is 0 Å². The lowest BCUT2D eigenvalue weighted by Crippen LogP contribution is -2.20. The van der Waals surface area contributed by atoms with E-state index in [1.54, 1.807) is 0 Å². The van der Waals surface area contributed by atoms with Crippen molar-refractivity contribution in [1.29, 1.82) is 0 Å². The summed E-state index contributed by atoms with van der Waals surface area (Å²) in [7, 11) is 2.19. The van der Waals surface area contributed by atoms with Gasteiger partial charge in [0.05, 0.1) is 22.7 Å². The number of hydrogen-bond donors (Lipinski definition) is 0. The molecule has 0 radical (unpaired) electrons. The van der Waals surface area contributed by atoms with Crippen molar-refractivity contribution in [3.8, 4) is 22.3 Å². The standard InChI is InChI=1S/C47H42N2.C2H6/c1-31-18-7-9-21-34(31)45-33(3)20-17-29-43(45)49(42-28-16-15-27-41(42)48(6)40-26-14-8-19-32(40)2)44-30-39-46(36-23-11-10-22-35(36)44)37-24-12-13-25-38(37)47(39,4)5;1-2/h7-30H,1-6H3;1-2H3. The molecule has 8 rings (SSSR count). The van der Waals surface area contributed by atoms with Crippen LogP contribution in [0, 0.1) is 20.8 Å². The first-order valence-corrected chi connectivity index (χ1v) is 18.3. The Kier molecular flexibility index (Phi) is 9.04. The molecule has 1 aliphatic rings. The Labute approximate surface area is 304 Å². The molecule has 0 saturated carbocycles. The molecule has 0 atom stereocenters.